The predicted octanol–water partition coefficient (Wildman–Crippen LogP) is 9.56. The van der Waals surface area contributed by atoms with Gasteiger partial charge in [0.15, 0.2) is 5.60 Å². The summed E-state index contributed by atoms with van der Waals surface area (Å²) in [6.45, 7) is 13.7. The maximum absolute atomic E-state index is 7.68. The smallest absolute Gasteiger partial charge is 0.178 e. The fourth-order valence-electron chi connectivity index (χ4n) is 9.06. The van der Waals surface area contributed by atoms with Gasteiger partial charge in [0, 0.05) is 54.9 Å². The molecule has 2 aliphatic rings. The number of methoxy groups -OCH3 is 3. The molecule has 0 amide bonds. The standard InChI is InChI=1S/C54H66O10/c1-39-7-11-42(12-8-39)54(43-13-15-44(57-6)16-14-43)20-19-47-51-50(45-17-9-40(2)37-48(45)52(47)64-54)46-18-10-41(3)38-49(46)53(51,21-23-58-29-31-62-35-33-60-27-25-55-4)22-24-59-30-32-63-36-34-61-28-26-56-5/h7-20,37-38H,21-36H2,1-6H3. The van der Waals surface area contributed by atoms with Crippen molar-refractivity contribution in [1.82, 2.24) is 0 Å². The first-order valence-electron chi connectivity index (χ1n) is 22.6. The molecule has 1 heterocycles. The minimum Gasteiger partial charge on any atom is -0.497 e. The highest BCUT2D eigenvalue weighted by Gasteiger charge is 2.48. The Hall–Kier alpha value is -4.62. The summed E-state index contributed by atoms with van der Waals surface area (Å²) in [6, 6.07) is 30.6. The van der Waals surface area contributed by atoms with E-state index in [2.05, 4.69) is 106 Å². The number of ether oxygens (including phenoxy) is 10. The van der Waals surface area contributed by atoms with Crippen LogP contribution in [-0.2, 0) is 48.9 Å². The van der Waals surface area contributed by atoms with E-state index in [9.17, 15) is 0 Å². The lowest BCUT2D eigenvalue weighted by atomic mass is 9.70. The largest absolute Gasteiger partial charge is 0.497 e. The zero-order valence-corrected chi connectivity index (χ0v) is 38.6. The normalized spacial score (nSPS) is 15.8. The van der Waals surface area contributed by atoms with Crippen LogP contribution in [0.2, 0.25) is 0 Å². The molecule has 0 bridgehead atoms. The summed E-state index contributed by atoms with van der Waals surface area (Å²) in [5.41, 5.74) is 10.4. The Bertz CT molecular complexity index is 2260. The quantitative estimate of drug-likeness (QED) is 0.0476. The summed E-state index contributed by atoms with van der Waals surface area (Å²) in [7, 11) is 5.03. The molecule has 0 fully saturated rings. The van der Waals surface area contributed by atoms with Gasteiger partial charge in [0.25, 0.3) is 0 Å². The van der Waals surface area contributed by atoms with Gasteiger partial charge in [0.2, 0.25) is 0 Å². The maximum atomic E-state index is 7.68. The van der Waals surface area contributed by atoms with Crippen LogP contribution in [0.1, 0.15) is 57.3 Å². The molecule has 1 aliphatic carbocycles. The first-order valence-corrected chi connectivity index (χ1v) is 22.6. The topological polar surface area (TPSA) is 92.3 Å². The fourth-order valence-corrected chi connectivity index (χ4v) is 9.06. The van der Waals surface area contributed by atoms with Crippen molar-refractivity contribution in [2.45, 2.75) is 44.6 Å². The maximum Gasteiger partial charge on any atom is 0.178 e. The van der Waals surface area contributed by atoms with Crippen molar-refractivity contribution in [2.24, 2.45) is 0 Å². The van der Waals surface area contributed by atoms with E-state index in [4.69, 9.17) is 47.4 Å². The molecule has 1 unspecified atom stereocenters. The summed E-state index contributed by atoms with van der Waals surface area (Å²) < 4.78 is 59.1. The van der Waals surface area contributed by atoms with Gasteiger partial charge in [-0.25, -0.2) is 0 Å². The van der Waals surface area contributed by atoms with E-state index in [-0.39, 0.29) is 0 Å². The lowest BCUT2D eigenvalue weighted by molar-refractivity contribution is -0.00196. The third-order valence-corrected chi connectivity index (χ3v) is 12.3. The third-order valence-electron chi connectivity index (χ3n) is 12.3. The molecule has 0 spiro atoms. The monoisotopic (exact) mass is 874 g/mol. The molecule has 10 heteroatoms. The van der Waals surface area contributed by atoms with Crippen molar-refractivity contribution in [3.8, 4) is 22.6 Å². The summed E-state index contributed by atoms with van der Waals surface area (Å²) in [5.74, 6) is 1.66. The van der Waals surface area contributed by atoms with Crippen molar-refractivity contribution in [1.29, 1.82) is 0 Å². The van der Waals surface area contributed by atoms with E-state index in [1.54, 1.807) is 21.3 Å². The Labute approximate surface area is 379 Å². The average Bonchev–Trinajstić information content (AvgIpc) is 3.59. The second-order valence-electron chi connectivity index (χ2n) is 16.6. The highest BCUT2D eigenvalue weighted by Crippen LogP contribution is 2.60. The zero-order chi connectivity index (χ0) is 44.8. The van der Waals surface area contributed by atoms with Gasteiger partial charge in [0.1, 0.15) is 11.5 Å². The second kappa shape index (κ2) is 23.0. The Kier molecular flexibility index (Phi) is 17.0. The van der Waals surface area contributed by atoms with Crippen molar-refractivity contribution < 1.29 is 47.4 Å². The molecule has 5 aromatic carbocycles. The van der Waals surface area contributed by atoms with Gasteiger partial charge in [-0.2, -0.15) is 0 Å². The van der Waals surface area contributed by atoms with E-state index >= 15 is 0 Å². The number of hydrogen-bond acceptors (Lipinski definition) is 10. The Morgan fingerprint density at radius 2 is 0.969 bits per heavy atom. The zero-order valence-electron chi connectivity index (χ0n) is 38.6. The number of aryl methyl sites for hydroxylation is 3. The molecule has 0 saturated carbocycles. The molecule has 0 saturated heterocycles. The summed E-state index contributed by atoms with van der Waals surface area (Å²) in [4.78, 5) is 0. The van der Waals surface area contributed by atoms with Crippen LogP contribution in [0.4, 0.5) is 0 Å². The minimum atomic E-state index is -0.904. The van der Waals surface area contributed by atoms with Gasteiger partial charge < -0.3 is 47.4 Å². The molecular formula is C54H66O10. The molecule has 1 atom stereocenters. The molecule has 342 valence electrons. The molecule has 0 radical (unpaired) electrons. The number of hydrogen-bond donors (Lipinski definition) is 0. The van der Waals surface area contributed by atoms with Crippen molar-refractivity contribution in [2.75, 3.05) is 114 Å². The predicted molar refractivity (Wildman–Crippen MR) is 252 cm³/mol. The molecule has 1 aliphatic heterocycles. The SMILES string of the molecule is COCCOCCOCCOCCC1(CCOCCOCCOCCOC)c2cc(C)ccc2-c2c1c1c(c3cc(C)ccc23)OC(c2ccc(C)cc2)(c2ccc(OC)cc2)C=C1. The summed E-state index contributed by atoms with van der Waals surface area (Å²) in [5, 5.41) is 2.25. The first-order chi connectivity index (χ1) is 31.3. The van der Waals surface area contributed by atoms with Crippen LogP contribution in [0.3, 0.4) is 0 Å². The lowest BCUT2D eigenvalue weighted by Gasteiger charge is -2.40. The van der Waals surface area contributed by atoms with E-state index in [1.807, 2.05) is 12.1 Å². The van der Waals surface area contributed by atoms with Crippen LogP contribution < -0.4 is 9.47 Å². The highest BCUT2D eigenvalue weighted by molar-refractivity contribution is 6.08. The van der Waals surface area contributed by atoms with Gasteiger partial charge >= 0.3 is 0 Å². The van der Waals surface area contributed by atoms with Gasteiger partial charge in [-0.3, -0.25) is 0 Å². The number of fused-ring (bicyclic) bond motifs is 8. The van der Waals surface area contributed by atoms with E-state index in [0.29, 0.717) is 92.5 Å². The Morgan fingerprint density at radius 3 is 1.52 bits per heavy atom. The molecular weight excluding hydrogens is 809 g/mol. The summed E-state index contributed by atoms with van der Waals surface area (Å²) >= 11 is 0. The molecule has 10 nitrogen and oxygen atoms in total. The van der Waals surface area contributed by atoms with Gasteiger partial charge in [-0.15, -0.1) is 0 Å². The average molecular weight is 875 g/mol. The van der Waals surface area contributed by atoms with Crippen LogP contribution in [0.15, 0.2) is 91.0 Å². The second-order valence-corrected chi connectivity index (χ2v) is 16.6. The van der Waals surface area contributed by atoms with Gasteiger partial charge in [-0.1, -0.05) is 89.5 Å². The Morgan fingerprint density at radius 1 is 0.484 bits per heavy atom. The number of rotatable bonds is 27. The lowest BCUT2D eigenvalue weighted by Crippen LogP contribution is -2.36. The van der Waals surface area contributed by atoms with Crippen molar-refractivity contribution in [3.63, 3.8) is 0 Å². The van der Waals surface area contributed by atoms with Crippen molar-refractivity contribution in [3.05, 3.63) is 136 Å². The van der Waals surface area contributed by atoms with Crippen LogP contribution >= 0.6 is 0 Å². The third kappa shape index (κ3) is 10.7. The number of benzene rings is 5. The molecule has 0 aromatic heterocycles. The van der Waals surface area contributed by atoms with E-state index in [1.165, 1.54) is 44.3 Å². The Balaban J connectivity index is 1.27. The molecule has 0 N–H and O–H groups in total. The summed E-state index contributed by atoms with van der Waals surface area (Å²) in [6.07, 6.45) is 6.04. The van der Waals surface area contributed by atoms with Gasteiger partial charge in [0.05, 0.1) is 86.4 Å². The first kappa shape index (κ1) is 47.3. The van der Waals surface area contributed by atoms with Crippen LogP contribution in [-0.4, -0.2) is 114 Å². The minimum absolute atomic E-state index is 0.469. The van der Waals surface area contributed by atoms with Crippen LogP contribution in [0.5, 0.6) is 11.5 Å². The fraction of sp³-hybridized carbons (Fsp3) is 0.444. The van der Waals surface area contributed by atoms with E-state index in [0.717, 1.165) is 46.4 Å². The molecule has 5 aromatic rings. The molecule has 64 heavy (non-hydrogen) atoms. The van der Waals surface area contributed by atoms with Crippen LogP contribution in [0.25, 0.3) is 28.0 Å². The highest BCUT2D eigenvalue weighted by atomic mass is 16.6. The molecule has 7 rings (SSSR count). The van der Waals surface area contributed by atoms with E-state index < -0.39 is 11.0 Å². The van der Waals surface area contributed by atoms with Crippen molar-refractivity contribution >= 4 is 16.8 Å². The van der Waals surface area contributed by atoms with Gasteiger partial charge in [-0.05, 0) is 85.5 Å². The van der Waals surface area contributed by atoms with Crippen LogP contribution in [0, 0.1) is 20.8 Å².